The van der Waals surface area contributed by atoms with Crippen LogP contribution >= 0.6 is 0 Å². The summed E-state index contributed by atoms with van der Waals surface area (Å²) >= 11 is 0. The fourth-order valence-electron chi connectivity index (χ4n) is 1.04. The maximum atomic E-state index is 10.3. The molecule has 0 saturated carbocycles. The van der Waals surface area contributed by atoms with E-state index in [4.69, 9.17) is 5.73 Å². The third-order valence-electron chi connectivity index (χ3n) is 1.67. The zero-order chi connectivity index (χ0) is 9.68. The molecule has 0 aliphatic rings. The van der Waals surface area contributed by atoms with Crippen LogP contribution in [0.15, 0.2) is 28.6 Å². The number of nitroso groups, excluding NO2 is 2. The second-order valence-electron chi connectivity index (χ2n) is 2.54. The summed E-state index contributed by atoms with van der Waals surface area (Å²) in [6, 6.07) is 4.70. The lowest BCUT2D eigenvalue weighted by Gasteiger charge is -1.99. The molecular formula is C8H9N3O2. The Bertz CT molecular complexity index is 325. The molecule has 68 valence electrons. The van der Waals surface area contributed by atoms with Crippen LogP contribution in [0.25, 0.3) is 0 Å². The van der Waals surface area contributed by atoms with Gasteiger partial charge in [0.1, 0.15) is 11.4 Å². The third kappa shape index (κ3) is 2.16. The van der Waals surface area contributed by atoms with Crippen LogP contribution in [0.2, 0.25) is 0 Å². The Labute approximate surface area is 74.9 Å². The Morgan fingerprint density at radius 1 is 1.15 bits per heavy atom. The van der Waals surface area contributed by atoms with Gasteiger partial charge in [0.25, 0.3) is 0 Å². The quantitative estimate of drug-likeness (QED) is 0.717. The average Bonchev–Trinajstić information content (AvgIpc) is 2.18. The van der Waals surface area contributed by atoms with Crippen LogP contribution in [0.1, 0.15) is 5.56 Å². The maximum Gasteiger partial charge on any atom is 0.137 e. The van der Waals surface area contributed by atoms with Gasteiger partial charge in [-0.05, 0) is 41.0 Å². The molecule has 5 nitrogen and oxygen atoms in total. The second kappa shape index (κ2) is 4.42. The van der Waals surface area contributed by atoms with Gasteiger partial charge >= 0.3 is 0 Å². The van der Waals surface area contributed by atoms with Crippen molar-refractivity contribution in [3.63, 3.8) is 0 Å². The molecule has 0 heterocycles. The monoisotopic (exact) mass is 179 g/mol. The van der Waals surface area contributed by atoms with Gasteiger partial charge < -0.3 is 5.73 Å². The molecule has 0 amide bonds. The largest absolute Gasteiger partial charge is 0.330 e. The first kappa shape index (κ1) is 9.47. The number of rotatable bonds is 4. The Kier molecular flexibility index (Phi) is 3.22. The zero-order valence-corrected chi connectivity index (χ0v) is 6.93. The van der Waals surface area contributed by atoms with E-state index in [1.54, 1.807) is 6.07 Å². The number of nitrogens with two attached hydrogens (primary N) is 1. The van der Waals surface area contributed by atoms with Crippen molar-refractivity contribution in [1.82, 2.24) is 0 Å². The third-order valence-corrected chi connectivity index (χ3v) is 1.67. The summed E-state index contributed by atoms with van der Waals surface area (Å²) in [5.41, 5.74) is 6.34. The predicted octanol–water partition coefficient (Wildman–Crippen LogP) is 1.98. The summed E-state index contributed by atoms with van der Waals surface area (Å²) in [4.78, 5) is 20.4. The minimum Gasteiger partial charge on any atom is -0.330 e. The molecule has 0 aliphatic heterocycles. The number of nitrogens with zero attached hydrogens (tertiary/aromatic N) is 2. The van der Waals surface area contributed by atoms with Crippen molar-refractivity contribution >= 4 is 11.4 Å². The van der Waals surface area contributed by atoms with Crippen molar-refractivity contribution < 1.29 is 0 Å². The first-order valence-electron chi connectivity index (χ1n) is 3.81. The van der Waals surface area contributed by atoms with E-state index in [1.165, 1.54) is 12.1 Å². The van der Waals surface area contributed by atoms with Crippen molar-refractivity contribution in [3.05, 3.63) is 33.6 Å². The molecule has 0 aliphatic carbocycles. The summed E-state index contributed by atoms with van der Waals surface area (Å²) in [6.45, 7) is 0.492. The van der Waals surface area contributed by atoms with Gasteiger partial charge in [-0.15, -0.1) is 9.81 Å². The van der Waals surface area contributed by atoms with Gasteiger partial charge in [0.2, 0.25) is 0 Å². The fourth-order valence-corrected chi connectivity index (χ4v) is 1.04. The highest BCUT2D eigenvalue weighted by atomic mass is 16.3. The highest BCUT2D eigenvalue weighted by molar-refractivity contribution is 5.62. The van der Waals surface area contributed by atoms with Crippen LogP contribution in [-0.2, 0) is 6.42 Å². The Morgan fingerprint density at radius 2 is 1.85 bits per heavy atom. The highest BCUT2D eigenvalue weighted by Crippen LogP contribution is 2.28. The van der Waals surface area contributed by atoms with Gasteiger partial charge in [-0.25, -0.2) is 0 Å². The van der Waals surface area contributed by atoms with Crippen LogP contribution < -0.4 is 5.73 Å². The van der Waals surface area contributed by atoms with Crippen LogP contribution in [0, 0.1) is 9.81 Å². The molecule has 0 aromatic heterocycles. The van der Waals surface area contributed by atoms with E-state index in [-0.39, 0.29) is 11.4 Å². The summed E-state index contributed by atoms with van der Waals surface area (Å²) in [7, 11) is 0. The standard InChI is InChI=1S/C8H9N3O2/c9-4-3-6-1-2-7(10-12)8(5-6)11-13/h1-2,5H,3-4,9H2. The van der Waals surface area contributed by atoms with Crippen molar-refractivity contribution in [2.45, 2.75) is 6.42 Å². The van der Waals surface area contributed by atoms with E-state index in [0.717, 1.165) is 5.56 Å². The van der Waals surface area contributed by atoms with Gasteiger partial charge in [-0.3, -0.25) is 0 Å². The normalized spacial score (nSPS) is 9.62. The summed E-state index contributed by atoms with van der Waals surface area (Å²) in [5, 5.41) is 5.37. The first-order chi connectivity index (χ1) is 6.31. The summed E-state index contributed by atoms with van der Waals surface area (Å²) in [5.74, 6) is 0. The Balaban J connectivity index is 3.05. The van der Waals surface area contributed by atoms with Gasteiger partial charge in [0.15, 0.2) is 0 Å². The van der Waals surface area contributed by atoms with Crippen LogP contribution in [0.5, 0.6) is 0 Å². The Morgan fingerprint density at radius 3 is 2.38 bits per heavy atom. The molecule has 5 heteroatoms. The maximum absolute atomic E-state index is 10.3. The number of hydrogen-bond acceptors (Lipinski definition) is 5. The van der Waals surface area contributed by atoms with E-state index >= 15 is 0 Å². The zero-order valence-electron chi connectivity index (χ0n) is 6.93. The number of hydrogen-bond donors (Lipinski definition) is 1. The van der Waals surface area contributed by atoms with Gasteiger partial charge in [0.05, 0.1) is 0 Å². The lowest BCUT2D eigenvalue weighted by Crippen LogP contribution is -2.02. The highest BCUT2D eigenvalue weighted by Gasteiger charge is 2.03. The van der Waals surface area contributed by atoms with E-state index in [2.05, 4.69) is 10.4 Å². The molecule has 0 fully saturated rings. The topological polar surface area (TPSA) is 84.9 Å². The molecule has 0 spiro atoms. The lowest BCUT2D eigenvalue weighted by atomic mass is 10.1. The van der Waals surface area contributed by atoms with Crippen LogP contribution in [0.3, 0.4) is 0 Å². The van der Waals surface area contributed by atoms with Crippen molar-refractivity contribution in [2.75, 3.05) is 6.54 Å². The molecule has 1 aromatic rings. The molecule has 2 N–H and O–H groups in total. The molecule has 1 rings (SSSR count). The predicted molar refractivity (Wildman–Crippen MR) is 50.1 cm³/mol. The SMILES string of the molecule is NCCc1ccc(N=O)c(N=O)c1. The summed E-state index contributed by atoms with van der Waals surface area (Å²) < 4.78 is 0. The number of benzene rings is 1. The van der Waals surface area contributed by atoms with Gasteiger partial charge in [-0.2, -0.15) is 0 Å². The molecule has 0 atom stereocenters. The van der Waals surface area contributed by atoms with Crippen LogP contribution in [0.4, 0.5) is 11.4 Å². The van der Waals surface area contributed by atoms with E-state index in [0.29, 0.717) is 13.0 Å². The first-order valence-corrected chi connectivity index (χ1v) is 3.81. The molecule has 0 bridgehead atoms. The smallest absolute Gasteiger partial charge is 0.137 e. The molecule has 13 heavy (non-hydrogen) atoms. The van der Waals surface area contributed by atoms with Gasteiger partial charge in [0, 0.05) is 0 Å². The minimum absolute atomic E-state index is 0.0655. The molecule has 1 aromatic carbocycles. The lowest BCUT2D eigenvalue weighted by molar-refractivity contribution is 0.968. The van der Waals surface area contributed by atoms with Gasteiger partial charge in [-0.1, -0.05) is 6.07 Å². The van der Waals surface area contributed by atoms with E-state index in [9.17, 15) is 9.81 Å². The summed E-state index contributed by atoms with van der Waals surface area (Å²) in [6.07, 6.45) is 0.654. The van der Waals surface area contributed by atoms with E-state index in [1.807, 2.05) is 0 Å². The minimum atomic E-state index is 0.0655. The van der Waals surface area contributed by atoms with E-state index < -0.39 is 0 Å². The molecule has 0 radical (unpaired) electrons. The van der Waals surface area contributed by atoms with Crippen molar-refractivity contribution in [3.8, 4) is 0 Å². The fraction of sp³-hybridized carbons (Fsp3) is 0.250. The molecule has 0 unspecified atom stereocenters. The van der Waals surface area contributed by atoms with Crippen molar-refractivity contribution in [2.24, 2.45) is 16.1 Å². The Hall–Kier alpha value is -1.62. The molecular weight excluding hydrogens is 170 g/mol. The molecule has 0 saturated heterocycles. The second-order valence-corrected chi connectivity index (χ2v) is 2.54. The van der Waals surface area contributed by atoms with Crippen molar-refractivity contribution in [1.29, 1.82) is 0 Å². The average molecular weight is 179 g/mol. The van der Waals surface area contributed by atoms with Crippen LogP contribution in [-0.4, -0.2) is 6.54 Å².